The number of hydrogen-bond acceptors (Lipinski definition) is 4. The molecule has 1 saturated carbocycles. The Balaban J connectivity index is 1.27. The van der Waals surface area contributed by atoms with Gasteiger partial charge in [-0.05, 0) is 73.4 Å². The number of rotatable bonds is 4. The van der Waals surface area contributed by atoms with Crippen LogP contribution in [0, 0.1) is 11.7 Å². The summed E-state index contributed by atoms with van der Waals surface area (Å²) in [5.41, 5.74) is 4.76. The van der Waals surface area contributed by atoms with Crippen molar-refractivity contribution in [3.63, 3.8) is 0 Å². The SMILES string of the molecule is O[C@H](c1c(C2CC2)ccc2cncn12)C1CCN(c2ccc(F)c3ncccc23)CC1. The van der Waals surface area contributed by atoms with Gasteiger partial charge in [-0.15, -0.1) is 0 Å². The lowest BCUT2D eigenvalue weighted by atomic mass is 9.86. The van der Waals surface area contributed by atoms with Gasteiger partial charge in [0.2, 0.25) is 0 Å². The Morgan fingerprint density at radius 3 is 2.68 bits per heavy atom. The fraction of sp³-hybridized carbons (Fsp3) is 0.360. The number of aliphatic hydroxyl groups is 1. The lowest BCUT2D eigenvalue weighted by molar-refractivity contribution is 0.0871. The highest BCUT2D eigenvalue weighted by Gasteiger charge is 2.34. The van der Waals surface area contributed by atoms with Crippen LogP contribution >= 0.6 is 0 Å². The molecule has 2 fully saturated rings. The summed E-state index contributed by atoms with van der Waals surface area (Å²) < 4.78 is 16.2. The highest BCUT2D eigenvalue weighted by molar-refractivity contribution is 5.92. The summed E-state index contributed by atoms with van der Waals surface area (Å²) >= 11 is 0. The first-order valence-corrected chi connectivity index (χ1v) is 11.1. The standard InChI is InChI=1S/C25H25FN4O/c26-21-7-8-22(20-2-1-11-28-23(20)21)29-12-9-17(10-13-29)25(31)24-19(16-3-4-16)6-5-18-14-27-15-30(18)24/h1-2,5-8,11,14-17,25,31H,3-4,9-10,12-13H2/t25-/m0/s1. The second-order valence-corrected chi connectivity index (χ2v) is 8.87. The number of imidazole rings is 1. The number of aromatic nitrogens is 3. The van der Waals surface area contributed by atoms with Gasteiger partial charge < -0.3 is 14.4 Å². The normalized spacial score (nSPS) is 18.7. The van der Waals surface area contributed by atoms with Crippen molar-refractivity contribution in [2.24, 2.45) is 5.92 Å². The molecule has 0 amide bonds. The first-order valence-electron chi connectivity index (χ1n) is 11.1. The molecular weight excluding hydrogens is 391 g/mol. The van der Waals surface area contributed by atoms with Gasteiger partial charge in [0.15, 0.2) is 0 Å². The molecule has 1 aliphatic heterocycles. The van der Waals surface area contributed by atoms with Crippen LogP contribution < -0.4 is 4.90 Å². The monoisotopic (exact) mass is 416 g/mol. The molecule has 4 aromatic rings. The van der Waals surface area contributed by atoms with Gasteiger partial charge in [0, 0.05) is 30.4 Å². The summed E-state index contributed by atoms with van der Waals surface area (Å²) in [5, 5.41) is 12.3. The fourth-order valence-electron chi connectivity index (χ4n) is 5.16. The highest BCUT2D eigenvalue weighted by atomic mass is 19.1. The molecule has 2 aliphatic rings. The molecule has 1 N–H and O–H groups in total. The Bertz CT molecular complexity index is 1260. The fourth-order valence-corrected chi connectivity index (χ4v) is 5.16. The molecule has 158 valence electrons. The molecule has 31 heavy (non-hydrogen) atoms. The van der Waals surface area contributed by atoms with Crippen LogP contribution in [0.25, 0.3) is 16.4 Å². The van der Waals surface area contributed by atoms with Crippen LogP contribution in [0.5, 0.6) is 0 Å². The van der Waals surface area contributed by atoms with Crippen molar-refractivity contribution in [1.29, 1.82) is 0 Å². The van der Waals surface area contributed by atoms with Crippen molar-refractivity contribution in [2.45, 2.75) is 37.7 Å². The van der Waals surface area contributed by atoms with Crippen molar-refractivity contribution < 1.29 is 9.50 Å². The third-order valence-corrected chi connectivity index (χ3v) is 6.98. The average molecular weight is 417 g/mol. The van der Waals surface area contributed by atoms with Crippen LogP contribution in [0.4, 0.5) is 10.1 Å². The van der Waals surface area contributed by atoms with Crippen molar-refractivity contribution in [2.75, 3.05) is 18.0 Å². The topological polar surface area (TPSA) is 53.7 Å². The molecule has 0 bridgehead atoms. The number of halogens is 1. The van der Waals surface area contributed by atoms with E-state index < -0.39 is 6.10 Å². The molecule has 6 rings (SSSR count). The third kappa shape index (κ3) is 3.17. The molecule has 1 aromatic carbocycles. The summed E-state index contributed by atoms with van der Waals surface area (Å²) in [4.78, 5) is 10.8. The Morgan fingerprint density at radius 2 is 1.87 bits per heavy atom. The summed E-state index contributed by atoms with van der Waals surface area (Å²) in [5.74, 6) is 0.465. The van der Waals surface area contributed by atoms with E-state index in [1.165, 1.54) is 24.5 Å². The molecule has 3 aromatic heterocycles. The minimum atomic E-state index is -0.512. The van der Waals surface area contributed by atoms with Gasteiger partial charge in [-0.1, -0.05) is 6.07 Å². The van der Waals surface area contributed by atoms with E-state index in [0.29, 0.717) is 11.4 Å². The smallest absolute Gasteiger partial charge is 0.149 e. The molecule has 1 aliphatic carbocycles. The van der Waals surface area contributed by atoms with Crippen LogP contribution in [0.2, 0.25) is 0 Å². The predicted octanol–water partition coefficient (Wildman–Crippen LogP) is 4.85. The lowest BCUT2D eigenvalue weighted by Gasteiger charge is -2.36. The molecule has 4 heterocycles. The van der Waals surface area contributed by atoms with E-state index in [9.17, 15) is 9.50 Å². The summed E-state index contributed by atoms with van der Waals surface area (Å²) in [7, 11) is 0. The molecule has 1 atom stereocenters. The van der Waals surface area contributed by atoms with Crippen molar-refractivity contribution in [3.8, 4) is 0 Å². The average Bonchev–Trinajstić information content (AvgIpc) is 3.55. The van der Waals surface area contributed by atoms with Crippen LogP contribution in [-0.2, 0) is 0 Å². The van der Waals surface area contributed by atoms with Gasteiger partial charge in [-0.3, -0.25) is 4.98 Å². The van der Waals surface area contributed by atoms with Crippen LogP contribution in [0.3, 0.4) is 0 Å². The second-order valence-electron chi connectivity index (χ2n) is 8.87. The molecule has 6 heteroatoms. The quantitative estimate of drug-likeness (QED) is 0.517. The molecule has 0 unspecified atom stereocenters. The number of fused-ring (bicyclic) bond motifs is 2. The number of anilines is 1. The molecule has 0 radical (unpaired) electrons. The molecule has 5 nitrogen and oxygen atoms in total. The molecular formula is C25H25FN4O. The van der Waals surface area contributed by atoms with Crippen molar-refractivity contribution >= 4 is 22.1 Å². The van der Waals surface area contributed by atoms with Gasteiger partial charge in [0.05, 0.1) is 29.8 Å². The minimum absolute atomic E-state index is 0.187. The third-order valence-electron chi connectivity index (χ3n) is 6.98. The number of aliphatic hydroxyl groups excluding tert-OH is 1. The Hall–Kier alpha value is -2.99. The molecule has 1 saturated heterocycles. The minimum Gasteiger partial charge on any atom is -0.387 e. The van der Waals surface area contributed by atoms with Crippen molar-refractivity contribution in [1.82, 2.24) is 14.4 Å². The van der Waals surface area contributed by atoms with E-state index in [1.807, 2.05) is 30.7 Å². The first-order chi connectivity index (χ1) is 15.2. The van der Waals surface area contributed by atoms with E-state index in [2.05, 4.69) is 31.4 Å². The maximum atomic E-state index is 14.2. The highest BCUT2D eigenvalue weighted by Crippen LogP contribution is 2.45. The van der Waals surface area contributed by atoms with E-state index >= 15 is 0 Å². The van der Waals surface area contributed by atoms with E-state index in [1.54, 1.807) is 6.20 Å². The Morgan fingerprint density at radius 1 is 1.03 bits per heavy atom. The summed E-state index contributed by atoms with van der Waals surface area (Å²) in [6.07, 6.45) is 8.96. The number of piperidine rings is 1. The zero-order valence-corrected chi connectivity index (χ0v) is 17.3. The van der Waals surface area contributed by atoms with Gasteiger partial charge in [0.25, 0.3) is 0 Å². The zero-order chi connectivity index (χ0) is 20.9. The predicted molar refractivity (Wildman–Crippen MR) is 119 cm³/mol. The molecule has 0 spiro atoms. The van der Waals surface area contributed by atoms with Gasteiger partial charge >= 0.3 is 0 Å². The summed E-state index contributed by atoms with van der Waals surface area (Å²) in [6, 6.07) is 11.4. The van der Waals surface area contributed by atoms with Gasteiger partial charge in [-0.2, -0.15) is 0 Å². The first kappa shape index (κ1) is 18.8. The van der Waals surface area contributed by atoms with E-state index in [-0.39, 0.29) is 11.7 Å². The van der Waals surface area contributed by atoms with Gasteiger partial charge in [-0.25, -0.2) is 9.37 Å². The second kappa shape index (κ2) is 7.31. The number of nitrogens with zero attached hydrogens (tertiary/aromatic N) is 4. The van der Waals surface area contributed by atoms with Crippen LogP contribution in [0.1, 0.15) is 49.0 Å². The largest absolute Gasteiger partial charge is 0.387 e. The Labute approximate surface area is 180 Å². The van der Waals surface area contributed by atoms with Gasteiger partial charge in [0.1, 0.15) is 11.3 Å². The summed E-state index contributed by atoms with van der Waals surface area (Å²) in [6.45, 7) is 1.66. The van der Waals surface area contributed by atoms with Crippen LogP contribution in [0.15, 0.2) is 55.1 Å². The number of hydrogen-bond donors (Lipinski definition) is 1. The maximum Gasteiger partial charge on any atom is 0.149 e. The Kier molecular flexibility index (Phi) is 4.42. The maximum absolute atomic E-state index is 14.2. The lowest BCUT2D eigenvalue weighted by Crippen LogP contribution is -2.36. The zero-order valence-electron chi connectivity index (χ0n) is 17.3. The number of pyridine rings is 2. The van der Waals surface area contributed by atoms with Crippen molar-refractivity contribution in [3.05, 3.63) is 72.2 Å². The van der Waals surface area contributed by atoms with E-state index in [4.69, 9.17) is 0 Å². The van der Waals surface area contributed by atoms with E-state index in [0.717, 1.165) is 48.2 Å². The van der Waals surface area contributed by atoms with Crippen LogP contribution in [-0.4, -0.2) is 32.6 Å². The number of benzene rings is 1.